The van der Waals surface area contributed by atoms with E-state index < -0.39 is 28.9 Å². The van der Waals surface area contributed by atoms with E-state index in [4.69, 9.17) is 5.73 Å². The molecule has 174 valence electrons. The lowest BCUT2D eigenvalue weighted by Crippen LogP contribution is -2.29. The first kappa shape index (κ1) is 21.9. The second-order valence-electron chi connectivity index (χ2n) is 8.37. The highest BCUT2D eigenvalue weighted by Gasteiger charge is 2.53. The summed E-state index contributed by atoms with van der Waals surface area (Å²) in [5, 5.41) is 7.63. The van der Waals surface area contributed by atoms with Crippen LogP contribution in [0.5, 0.6) is 0 Å². The maximum atomic E-state index is 14.4. The first-order valence-corrected chi connectivity index (χ1v) is 10.5. The number of nitrogens with two attached hydrogens (primary N) is 1. The molecule has 1 amide bonds. The first-order valence-electron chi connectivity index (χ1n) is 10.5. The van der Waals surface area contributed by atoms with Gasteiger partial charge < -0.3 is 11.1 Å². The molecule has 0 spiro atoms. The molecule has 0 aliphatic heterocycles. The van der Waals surface area contributed by atoms with Crippen LogP contribution >= 0.6 is 0 Å². The Labute approximate surface area is 191 Å². The van der Waals surface area contributed by atoms with Gasteiger partial charge in [0.15, 0.2) is 11.5 Å². The van der Waals surface area contributed by atoms with Gasteiger partial charge >= 0.3 is 6.18 Å². The molecular formula is C24H19F4N5O. The molecule has 1 fully saturated rings. The zero-order valence-corrected chi connectivity index (χ0v) is 17.9. The van der Waals surface area contributed by atoms with Crippen molar-refractivity contribution in [2.75, 3.05) is 11.1 Å². The Kier molecular flexibility index (Phi) is 4.85. The quantitative estimate of drug-likeness (QED) is 0.410. The number of nitrogens with one attached hydrogen (secondary N) is 1. The van der Waals surface area contributed by atoms with Gasteiger partial charge in [0.1, 0.15) is 5.82 Å². The van der Waals surface area contributed by atoms with E-state index in [0.717, 1.165) is 23.3 Å². The lowest BCUT2D eigenvalue weighted by atomic mass is 9.92. The highest BCUT2D eigenvalue weighted by Crippen LogP contribution is 2.51. The number of pyridine rings is 1. The van der Waals surface area contributed by atoms with Crippen LogP contribution in [0.25, 0.3) is 22.2 Å². The summed E-state index contributed by atoms with van der Waals surface area (Å²) in [6.45, 7) is 0. The van der Waals surface area contributed by atoms with E-state index in [2.05, 4.69) is 15.4 Å². The van der Waals surface area contributed by atoms with Crippen molar-refractivity contribution in [2.45, 2.75) is 24.4 Å². The molecule has 2 aromatic heterocycles. The second-order valence-corrected chi connectivity index (χ2v) is 8.37. The van der Waals surface area contributed by atoms with E-state index in [9.17, 15) is 22.4 Å². The number of hydrogen-bond acceptors (Lipinski definition) is 4. The first-order chi connectivity index (χ1) is 16.1. The second kappa shape index (κ2) is 7.54. The van der Waals surface area contributed by atoms with Gasteiger partial charge in [0.2, 0.25) is 5.91 Å². The van der Waals surface area contributed by atoms with Crippen LogP contribution in [0.3, 0.4) is 0 Å². The van der Waals surface area contributed by atoms with Crippen LogP contribution in [-0.4, -0.2) is 20.7 Å². The number of fused-ring (bicyclic) bond motifs is 1. The van der Waals surface area contributed by atoms with E-state index in [1.165, 1.54) is 0 Å². The van der Waals surface area contributed by atoms with Crippen molar-refractivity contribution in [3.05, 3.63) is 71.7 Å². The van der Waals surface area contributed by atoms with Gasteiger partial charge in [-0.15, -0.1) is 0 Å². The number of amides is 1. The van der Waals surface area contributed by atoms with Gasteiger partial charge in [-0.1, -0.05) is 12.1 Å². The molecule has 0 radical (unpaired) electrons. The number of anilines is 2. The summed E-state index contributed by atoms with van der Waals surface area (Å²) in [7, 11) is 1.75. The number of halogens is 4. The highest BCUT2D eigenvalue weighted by atomic mass is 19.4. The molecule has 0 bridgehead atoms. The summed E-state index contributed by atoms with van der Waals surface area (Å²) in [6.07, 6.45) is -2.44. The normalized spacial score (nSPS) is 14.9. The van der Waals surface area contributed by atoms with E-state index >= 15 is 0 Å². The predicted molar refractivity (Wildman–Crippen MR) is 119 cm³/mol. The van der Waals surface area contributed by atoms with Gasteiger partial charge in [-0.3, -0.25) is 4.79 Å². The van der Waals surface area contributed by atoms with Crippen molar-refractivity contribution >= 4 is 28.4 Å². The number of hydrogen-bond donors (Lipinski definition) is 2. The maximum absolute atomic E-state index is 14.4. The molecule has 2 heterocycles. The molecule has 34 heavy (non-hydrogen) atoms. The SMILES string of the molecule is Cn1nc(N)c2c(-c3ccc(NC(=O)C4(c5cc(C(F)(F)F)ccc5F)CC4)cc3)ccnc21. The Morgan fingerprint density at radius 1 is 1.12 bits per heavy atom. The third-order valence-corrected chi connectivity index (χ3v) is 6.20. The Bertz CT molecular complexity index is 1420. The number of nitrogen functional groups attached to an aromatic ring is 1. The standard InChI is InChI=1S/C24H19F4N5O/c1-33-21-19(20(29)32-33)16(8-11-30-21)13-2-5-15(6-3-13)31-22(34)23(9-10-23)17-12-14(24(26,27)28)4-7-18(17)25/h2-8,11-12H,9-10H2,1H3,(H2,29,32)(H,31,34). The fourth-order valence-electron chi connectivity index (χ4n) is 4.24. The Morgan fingerprint density at radius 2 is 1.82 bits per heavy atom. The molecule has 4 aromatic rings. The number of carbonyl (C=O) groups is 1. The van der Waals surface area contributed by atoms with Gasteiger partial charge in [-0.2, -0.15) is 18.3 Å². The largest absolute Gasteiger partial charge is 0.416 e. The van der Waals surface area contributed by atoms with Crippen molar-refractivity contribution in [1.29, 1.82) is 0 Å². The lowest BCUT2D eigenvalue weighted by molar-refractivity contribution is -0.137. The average Bonchev–Trinajstić information content (AvgIpc) is 3.55. The fourth-order valence-corrected chi connectivity index (χ4v) is 4.24. The van der Waals surface area contributed by atoms with Crippen molar-refractivity contribution in [3.8, 4) is 11.1 Å². The molecule has 1 saturated carbocycles. The number of alkyl halides is 3. The van der Waals surface area contributed by atoms with E-state index in [-0.39, 0.29) is 18.4 Å². The molecule has 5 rings (SSSR count). The molecule has 6 nitrogen and oxygen atoms in total. The Balaban J connectivity index is 1.41. The van der Waals surface area contributed by atoms with Crippen LogP contribution in [0.1, 0.15) is 24.0 Å². The monoisotopic (exact) mass is 469 g/mol. The van der Waals surface area contributed by atoms with Gasteiger partial charge in [0.25, 0.3) is 0 Å². The van der Waals surface area contributed by atoms with Crippen LogP contribution in [0.2, 0.25) is 0 Å². The minimum absolute atomic E-state index is 0.234. The minimum Gasteiger partial charge on any atom is -0.382 e. The molecule has 3 N–H and O–H groups in total. The molecule has 2 aromatic carbocycles. The van der Waals surface area contributed by atoms with Crippen LogP contribution < -0.4 is 11.1 Å². The predicted octanol–water partition coefficient (Wildman–Crippen LogP) is 5.05. The van der Waals surface area contributed by atoms with Gasteiger partial charge in [0.05, 0.1) is 16.4 Å². The fraction of sp³-hybridized carbons (Fsp3) is 0.208. The zero-order chi connectivity index (χ0) is 24.3. The summed E-state index contributed by atoms with van der Waals surface area (Å²) in [5.41, 5.74) is 6.22. The van der Waals surface area contributed by atoms with E-state index in [1.807, 2.05) is 6.07 Å². The number of carbonyl (C=O) groups excluding carboxylic acids is 1. The average molecular weight is 469 g/mol. The number of aryl methyl sites for hydroxylation is 1. The molecule has 0 unspecified atom stereocenters. The zero-order valence-electron chi connectivity index (χ0n) is 17.9. The third-order valence-electron chi connectivity index (χ3n) is 6.20. The lowest BCUT2D eigenvalue weighted by Gasteiger charge is -2.18. The Morgan fingerprint density at radius 3 is 2.47 bits per heavy atom. The van der Waals surface area contributed by atoms with Crippen LogP contribution in [0, 0.1) is 5.82 Å². The molecule has 1 aliphatic rings. The summed E-state index contributed by atoms with van der Waals surface area (Å²) < 4.78 is 55.4. The smallest absolute Gasteiger partial charge is 0.382 e. The third kappa shape index (κ3) is 3.55. The molecule has 0 saturated heterocycles. The maximum Gasteiger partial charge on any atom is 0.416 e. The minimum atomic E-state index is -4.62. The molecule has 0 atom stereocenters. The number of rotatable bonds is 4. The Hall–Kier alpha value is -3.95. The van der Waals surface area contributed by atoms with E-state index in [1.54, 1.807) is 42.2 Å². The van der Waals surface area contributed by atoms with Crippen molar-refractivity contribution in [2.24, 2.45) is 7.05 Å². The molecular weight excluding hydrogens is 450 g/mol. The van der Waals surface area contributed by atoms with Crippen LogP contribution in [-0.2, 0) is 23.4 Å². The van der Waals surface area contributed by atoms with Gasteiger partial charge in [-0.25, -0.2) is 14.1 Å². The summed E-state index contributed by atoms with van der Waals surface area (Å²) in [4.78, 5) is 17.3. The van der Waals surface area contributed by atoms with E-state index in [0.29, 0.717) is 28.6 Å². The highest BCUT2D eigenvalue weighted by molar-refractivity contribution is 6.02. The van der Waals surface area contributed by atoms with Crippen molar-refractivity contribution in [3.63, 3.8) is 0 Å². The van der Waals surface area contributed by atoms with Gasteiger partial charge in [-0.05, 0) is 60.4 Å². The number of aromatic nitrogens is 3. The topological polar surface area (TPSA) is 85.8 Å². The summed E-state index contributed by atoms with van der Waals surface area (Å²) >= 11 is 0. The van der Waals surface area contributed by atoms with Crippen molar-refractivity contribution < 1.29 is 22.4 Å². The van der Waals surface area contributed by atoms with Crippen molar-refractivity contribution in [1.82, 2.24) is 14.8 Å². The van der Waals surface area contributed by atoms with Gasteiger partial charge in [0, 0.05) is 24.5 Å². The summed E-state index contributed by atoms with van der Waals surface area (Å²) in [5.74, 6) is -1.02. The van der Waals surface area contributed by atoms with Crippen LogP contribution in [0.15, 0.2) is 54.7 Å². The van der Waals surface area contributed by atoms with Crippen LogP contribution in [0.4, 0.5) is 29.1 Å². The number of nitrogens with zero attached hydrogens (tertiary/aromatic N) is 3. The molecule has 10 heteroatoms. The number of benzene rings is 2. The summed E-state index contributed by atoms with van der Waals surface area (Å²) in [6, 6.07) is 10.9. The molecule has 1 aliphatic carbocycles.